The Balaban J connectivity index is 1.61. The van der Waals surface area contributed by atoms with Crippen LogP contribution in [0.2, 0.25) is 0 Å². The number of nitrogens with one attached hydrogen (secondary N) is 1. The van der Waals surface area contributed by atoms with Crippen molar-refractivity contribution in [3.8, 4) is 11.5 Å². The van der Waals surface area contributed by atoms with E-state index in [1.165, 1.54) is 0 Å². The van der Waals surface area contributed by atoms with Crippen LogP contribution in [0, 0.1) is 6.92 Å². The molecule has 22 heavy (non-hydrogen) atoms. The van der Waals surface area contributed by atoms with Crippen molar-refractivity contribution in [3.05, 3.63) is 53.3 Å². The molecule has 0 aliphatic carbocycles. The second-order valence-corrected chi connectivity index (χ2v) is 5.17. The van der Waals surface area contributed by atoms with Crippen LogP contribution in [0.4, 0.5) is 0 Å². The summed E-state index contributed by atoms with van der Waals surface area (Å²) in [6.45, 7) is 3.77. The molecule has 5 heteroatoms. The maximum atomic E-state index is 12.0. The monoisotopic (exact) mass is 298 g/mol. The molecule has 114 valence electrons. The molecule has 0 atom stereocenters. The Labute approximate surface area is 129 Å². The number of carbonyl (C=O) groups excluding carboxylic acids is 1. The van der Waals surface area contributed by atoms with E-state index < -0.39 is 0 Å². The predicted octanol–water partition coefficient (Wildman–Crippen LogP) is 2.13. The highest BCUT2D eigenvalue weighted by Crippen LogP contribution is 2.33. The summed E-state index contributed by atoms with van der Waals surface area (Å²) in [6, 6.07) is 7.49. The SMILES string of the molecule is Cc1cc2c(cc1CCNC(=O)c1cccnc1)OCCO2. The van der Waals surface area contributed by atoms with Gasteiger partial charge in [0, 0.05) is 18.9 Å². The number of fused-ring (bicyclic) bond motifs is 1. The van der Waals surface area contributed by atoms with E-state index in [4.69, 9.17) is 9.47 Å². The summed E-state index contributed by atoms with van der Waals surface area (Å²) in [5.41, 5.74) is 2.86. The molecule has 1 amide bonds. The van der Waals surface area contributed by atoms with E-state index in [9.17, 15) is 4.79 Å². The second kappa shape index (κ2) is 6.47. The molecule has 1 aromatic heterocycles. The van der Waals surface area contributed by atoms with Gasteiger partial charge in [-0.2, -0.15) is 0 Å². The summed E-state index contributed by atoms with van der Waals surface area (Å²) in [5, 5.41) is 2.90. The van der Waals surface area contributed by atoms with Crippen LogP contribution in [0.3, 0.4) is 0 Å². The van der Waals surface area contributed by atoms with Gasteiger partial charge in [0.1, 0.15) is 13.2 Å². The second-order valence-electron chi connectivity index (χ2n) is 5.17. The lowest BCUT2D eigenvalue weighted by molar-refractivity contribution is 0.0953. The normalized spacial score (nSPS) is 12.8. The minimum atomic E-state index is -0.108. The van der Waals surface area contributed by atoms with E-state index in [1.807, 2.05) is 19.1 Å². The smallest absolute Gasteiger partial charge is 0.252 e. The van der Waals surface area contributed by atoms with Crippen molar-refractivity contribution in [2.24, 2.45) is 0 Å². The first kappa shape index (κ1) is 14.4. The zero-order valence-electron chi connectivity index (χ0n) is 12.5. The van der Waals surface area contributed by atoms with Crippen molar-refractivity contribution in [3.63, 3.8) is 0 Å². The van der Waals surface area contributed by atoms with Gasteiger partial charge < -0.3 is 14.8 Å². The van der Waals surface area contributed by atoms with Crippen LogP contribution >= 0.6 is 0 Å². The largest absolute Gasteiger partial charge is 0.486 e. The molecule has 3 rings (SSSR count). The van der Waals surface area contributed by atoms with Crippen LogP contribution in [0.5, 0.6) is 11.5 Å². The summed E-state index contributed by atoms with van der Waals surface area (Å²) in [5.74, 6) is 1.47. The lowest BCUT2D eigenvalue weighted by atomic mass is 10.0. The first-order valence-corrected chi connectivity index (χ1v) is 7.31. The fraction of sp³-hybridized carbons (Fsp3) is 0.294. The summed E-state index contributed by atoms with van der Waals surface area (Å²) < 4.78 is 11.2. The molecular formula is C17H18N2O3. The maximum Gasteiger partial charge on any atom is 0.252 e. The van der Waals surface area contributed by atoms with Crippen LogP contribution in [0.25, 0.3) is 0 Å². The molecule has 0 bridgehead atoms. The number of ether oxygens (including phenoxy) is 2. The third-order valence-corrected chi connectivity index (χ3v) is 3.60. The standard InChI is InChI=1S/C17H18N2O3/c1-12-9-15-16(22-8-7-21-15)10-13(12)4-6-19-17(20)14-3-2-5-18-11-14/h2-3,5,9-11H,4,6-8H2,1H3,(H,19,20). The van der Waals surface area contributed by atoms with E-state index in [0.717, 1.165) is 29.0 Å². The number of rotatable bonds is 4. The van der Waals surface area contributed by atoms with Crippen LogP contribution in [-0.2, 0) is 6.42 Å². The minimum absolute atomic E-state index is 0.108. The Bertz CT molecular complexity index is 671. The Morgan fingerprint density at radius 2 is 2.05 bits per heavy atom. The maximum absolute atomic E-state index is 12.0. The van der Waals surface area contributed by atoms with E-state index in [0.29, 0.717) is 25.3 Å². The van der Waals surface area contributed by atoms with Gasteiger partial charge in [-0.1, -0.05) is 0 Å². The number of aromatic nitrogens is 1. The van der Waals surface area contributed by atoms with Gasteiger partial charge in [-0.3, -0.25) is 9.78 Å². The zero-order chi connectivity index (χ0) is 15.4. The van der Waals surface area contributed by atoms with Crippen molar-refractivity contribution in [2.75, 3.05) is 19.8 Å². The van der Waals surface area contributed by atoms with Gasteiger partial charge in [-0.05, 0) is 48.7 Å². The Hall–Kier alpha value is -2.56. The molecule has 0 radical (unpaired) electrons. The molecule has 0 saturated carbocycles. The minimum Gasteiger partial charge on any atom is -0.486 e. The summed E-state index contributed by atoms with van der Waals surface area (Å²) >= 11 is 0. The number of hydrogen-bond acceptors (Lipinski definition) is 4. The van der Waals surface area contributed by atoms with Crippen molar-refractivity contribution in [1.82, 2.24) is 10.3 Å². The molecule has 1 aromatic carbocycles. The molecule has 1 aliphatic heterocycles. The fourth-order valence-electron chi connectivity index (χ4n) is 2.41. The molecular weight excluding hydrogens is 280 g/mol. The van der Waals surface area contributed by atoms with Gasteiger partial charge >= 0.3 is 0 Å². The number of benzene rings is 1. The summed E-state index contributed by atoms with van der Waals surface area (Å²) in [7, 11) is 0. The number of nitrogens with zero attached hydrogens (tertiary/aromatic N) is 1. The number of amides is 1. The average molecular weight is 298 g/mol. The van der Waals surface area contributed by atoms with Crippen LogP contribution in [0.1, 0.15) is 21.5 Å². The van der Waals surface area contributed by atoms with E-state index in [-0.39, 0.29) is 5.91 Å². The third kappa shape index (κ3) is 3.19. The van der Waals surface area contributed by atoms with Crippen LogP contribution < -0.4 is 14.8 Å². The number of aryl methyl sites for hydroxylation is 1. The summed E-state index contributed by atoms with van der Waals surface area (Å²) in [4.78, 5) is 15.9. The highest BCUT2D eigenvalue weighted by molar-refractivity contribution is 5.93. The Morgan fingerprint density at radius 3 is 2.77 bits per heavy atom. The van der Waals surface area contributed by atoms with E-state index >= 15 is 0 Å². The lowest BCUT2D eigenvalue weighted by Gasteiger charge is -2.20. The first-order valence-electron chi connectivity index (χ1n) is 7.31. The van der Waals surface area contributed by atoms with Crippen molar-refractivity contribution in [1.29, 1.82) is 0 Å². The number of pyridine rings is 1. The molecule has 2 aromatic rings. The lowest BCUT2D eigenvalue weighted by Crippen LogP contribution is -2.26. The highest BCUT2D eigenvalue weighted by Gasteiger charge is 2.14. The summed E-state index contributed by atoms with van der Waals surface area (Å²) in [6.07, 6.45) is 3.95. The topological polar surface area (TPSA) is 60.5 Å². The van der Waals surface area contributed by atoms with Gasteiger partial charge in [-0.15, -0.1) is 0 Å². The zero-order valence-corrected chi connectivity index (χ0v) is 12.5. The molecule has 0 unspecified atom stereocenters. The van der Waals surface area contributed by atoms with Gasteiger partial charge in [0.25, 0.3) is 5.91 Å². The third-order valence-electron chi connectivity index (χ3n) is 3.60. The number of carbonyl (C=O) groups is 1. The molecule has 5 nitrogen and oxygen atoms in total. The van der Waals surface area contributed by atoms with E-state index in [2.05, 4.69) is 10.3 Å². The highest BCUT2D eigenvalue weighted by atomic mass is 16.6. The Kier molecular flexibility index (Phi) is 4.23. The molecule has 0 fully saturated rings. The van der Waals surface area contributed by atoms with Crippen LogP contribution in [-0.4, -0.2) is 30.6 Å². The van der Waals surface area contributed by atoms with Crippen LogP contribution in [0.15, 0.2) is 36.7 Å². The number of hydrogen-bond donors (Lipinski definition) is 1. The van der Waals surface area contributed by atoms with Gasteiger partial charge in [-0.25, -0.2) is 0 Å². The van der Waals surface area contributed by atoms with E-state index in [1.54, 1.807) is 24.5 Å². The van der Waals surface area contributed by atoms with Crippen molar-refractivity contribution in [2.45, 2.75) is 13.3 Å². The predicted molar refractivity (Wildman–Crippen MR) is 82.4 cm³/mol. The molecule has 1 aliphatic rings. The fourth-order valence-corrected chi connectivity index (χ4v) is 2.41. The molecule has 0 saturated heterocycles. The average Bonchev–Trinajstić information content (AvgIpc) is 2.56. The first-order chi connectivity index (χ1) is 10.7. The van der Waals surface area contributed by atoms with Gasteiger partial charge in [0.15, 0.2) is 11.5 Å². The molecule has 2 heterocycles. The Morgan fingerprint density at radius 1 is 1.27 bits per heavy atom. The van der Waals surface area contributed by atoms with Crippen molar-refractivity contribution >= 4 is 5.91 Å². The van der Waals surface area contributed by atoms with Crippen molar-refractivity contribution < 1.29 is 14.3 Å². The quantitative estimate of drug-likeness (QED) is 0.939. The molecule has 1 N–H and O–H groups in total. The van der Waals surface area contributed by atoms with Gasteiger partial charge in [0.2, 0.25) is 0 Å². The molecule has 0 spiro atoms. The van der Waals surface area contributed by atoms with Gasteiger partial charge in [0.05, 0.1) is 5.56 Å².